The number of carbonyl (C=O) groups excluding carboxylic acids is 4. The fraction of sp³-hybridized carbons (Fsp3) is 0.611. The number of ether oxygens (including phenoxy) is 5. The Labute approximate surface area is 177 Å². The SMILES string of the molecule is CCOC(=O)c1cc(CCl)nn1[C@@H]1O[C@H](COC(C)=O)[C@@H](OC(C)=O)[C@H]1OC(C)=O. The topological polar surface area (TPSA) is 132 Å². The molecule has 1 fully saturated rings. The summed E-state index contributed by atoms with van der Waals surface area (Å²) in [5, 5.41) is 4.23. The van der Waals surface area contributed by atoms with Gasteiger partial charge in [-0.1, -0.05) is 0 Å². The van der Waals surface area contributed by atoms with Gasteiger partial charge in [0.25, 0.3) is 0 Å². The minimum atomic E-state index is -1.18. The molecule has 1 aromatic rings. The van der Waals surface area contributed by atoms with E-state index in [1.807, 2.05) is 0 Å². The maximum atomic E-state index is 12.4. The van der Waals surface area contributed by atoms with Gasteiger partial charge in [-0.2, -0.15) is 5.10 Å². The summed E-state index contributed by atoms with van der Waals surface area (Å²) in [6, 6.07) is 1.42. The molecule has 30 heavy (non-hydrogen) atoms. The van der Waals surface area contributed by atoms with Crippen LogP contribution in [0.1, 0.15) is 50.1 Å². The van der Waals surface area contributed by atoms with E-state index in [-0.39, 0.29) is 24.8 Å². The highest BCUT2D eigenvalue weighted by Gasteiger charge is 2.51. The summed E-state index contributed by atoms with van der Waals surface area (Å²) < 4.78 is 27.7. The zero-order valence-electron chi connectivity index (χ0n) is 17.0. The van der Waals surface area contributed by atoms with E-state index in [1.54, 1.807) is 6.92 Å². The molecule has 12 heteroatoms. The monoisotopic (exact) mass is 446 g/mol. The average Bonchev–Trinajstić information content (AvgIpc) is 3.22. The van der Waals surface area contributed by atoms with Crippen LogP contribution in [0.25, 0.3) is 0 Å². The minimum absolute atomic E-state index is 0.00404. The summed E-state index contributed by atoms with van der Waals surface area (Å²) in [5.41, 5.74) is 0.349. The van der Waals surface area contributed by atoms with Gasteiger partial charge in [0.1, 0.15) is 18.4 Å². The fourth-order valence-corrected chi connectivity index (χ4v) is 3.08. The number of alkyl halides is 1. The van der Waals surface area contributed by atoms with E-state index in [0.29, 0.717) is 5.69 Å². The van der Waals surface area contributed by atoms with E-state index in [1.165, 1.54) is 26.8 Å². The first kappa shape index (κ1) is 23.6. The molecule has 11 nitrogen and oxygen atoms in total. The summed E-state index contributed by atoms with van der Waals surface area (Å²) >= 11 is 5.85. The number of nitrogens with zero attached hydrogens (tertiary/aromatic N) is 2. The summed E-state index contributed by atoms with van der Waals surface area (Å²) in [7, 11) is 0. The number of halogens is 1. The molecule has 0 amide bonds. The predicted molar refractivity (Wildman–Crippen MR) is 99.4 cm³/mol. The fourth-order valence-electron chi connectivity index (χ4n) is 2.95. The zero-order valence-corrected chi connectivity index (χ0v) is 17.7. The van der Waals surface area contributed by atoms with Crippen molar-refractivity contribution < 1.29 is 42.9 Å². The Balaban J connectivity index is 2.48. The van der Waals surface area contributed by atoms with Crippen LogP contribution < -0.4 is 0 Å². The average molecular weight is 447 g/mol. The Hall–Kier alpha value is -2.66. The molecule has 2 heterocycles. The molecule has 166 valence electrons. The van der Waals surface area contributed by atoms with Crippen LogP contribution in [0.3, 0.4) is 0 Å². The normalized spacial score (nSPS) is 23.0. The smallest absolute Gasteiger partial charge is 0.356 e. The van der Waals surface area contributed by atoms with Crippen molar-refractivity contribution >= 4 is 35.5 Å². The second-order valence-corrected chi connectivity index (χ2v) is 6.60. The first-order valence-corrected chi connectivity index (χ1v) is 9.66. The molecule has 0 aromatic carbocycles. The number of aromatic nitrogens is 2. The van der Waals surface area contributed by atoms with Gasteiger partial charge in [-0.15, -0.1) is 11.6 Å². The molecule has 0 unspecified atom stereocenters. The van der Waals surface area contributed by atoms with Crippen LogP contribution in [0.5, 0.6) is 0 Å². The standard InChI is InChI=1S/C18H23ClN2O9/c1-5-26-18(25)13-6-12(7-19)20-21(13)17-16(29-11(4)24)15(28-10(3)23)14(30-17)8-27-9(2)22/h6,14-17H,5,7-8H2,1-4H3/t14-,15-,16-,17-/m1/s1. The number of rotatable bonds is 8. The lowest BCUT2D eigenvalue weighted by atomic mass is 10.1. The summed E-state index contributed by atoms with van der Waals surface area (Å²) in [6.45, 7) is 5.02. The van der Waals surface area contributed by atoms with Gasteiger partial charge < -0.3 is 23.7 Å². The summed E-state index contributed by atoms with van der Waals surface area (Å²) in [6.07, 6.45) is -4.45. The van der Waals surface area contributed by atoms with Gasteiger partial charge in [0, 0.05) is 20.8 Å². The molecule has 0 aliphatic carbocycles. The highest BCUT2D eigenvalue weighted by molar-refractivity contribution is 6.16. The van der Waals surface area contributed by atoms with Crippen LogP contribution in [0.4, 0.5) is 0 Å². The molecule has 1 aliphatic heterocycles. The van der Waals surface area contributed by atoms with Crippen LogP contribution >= 0.6 is 11.6 Å². The Morgan fingerprint density at radius 3 is 2.23 bits per heavy atom. The van der Waals surface area contributed by atoms with Crippen molar-refractivity contribution in [2.45, 2.75) is 58.1 Å². The Bertz CT molecular complexity index is 810. The van der Waals surface area contributed by atoms with Gasteiger partial charge in [0.05, 0.1) is 18.2 Å². The van der Waals surface area contributed by atoms with Crippen molar-refractivity contribution in [2.24, 2.45) is 0 Å². The molecule has 0 saturated carbocycles. The van der Waals surface area contributed by atoms with Gasteiger partial charge in [-0.05, 0) is 13.0 Å². The highest BCUT2D eigenvalue weighted by Crippen LogP contribution is 2.35. The van der Waals surface area contributed by atoms with Crippen LogP contribution in [-0.4, -0.2) is 65.2 Å². The van der Waals surface area contributed by atoms with E-state index in [0.717, 1.165) is 4.68 Å². The molecule has 1 aromatic heterocycles. The van der Waals surface area contributed by atoms with E-state index >= 15 is 0 Å². The van der Waals surface area contributed by atoms with Crippen LogP contribution in [0, 0.1) is 0 Å². The van der Waals surface area contributed by atoms with Crippen LogP contribution in [-0.2, 0) is 43.9 Å². The van der Waals surface area contributed by atoms with E-state index in [9.17, 15) is 19.2 Å². The van der Waals surface area contributed by atoms with Crippen LogP contribution in [0.15, 0.2) is 6.07 Å². The summed E-state index contributed by atoms with van der Waals surface area (Å²) in [5.74, 6) is -2.63. The van der Waals surface area contributed by atoms with Crippen molar-refractivity contribution in [2.75, 3.05) is 13.2 Å². The van der Waals surface area contributed by atoms with Gasteiger partial charge in [-0.25, -0.2) is 9.48 Å². The van der Waals surface area contributed by atoms with E-state index in [2.05, 4.69) is 5.10 Å². The van der Waals surface area contributed by atoms with Gasteiger partial charge in [0.2, 0.25) is 0 Å². The second-order valence-electron chi connectivity index (χ2n) is 6.34. The van der Waals surface area contributed by atoms with Gasteiger partial charge in [0.15, 0.2) is 18.4 Å². The summed E-state index contributed by atoms with van der Waals surface area (Å²) in [4.78, 5) is 47.0. The minimum Gasteiger partial charge on any atom is -0.463 e. The van der Waals surface area contributed by atoms with Crippen molar-refractivity contribution in [3.05, 3.63) is 17.5 Å². The Morgan fingerprint density at radius 2 is 1.70 bits per heavy atom. The molecule has 1 aliphatic rings. The molecule has 0 radical (unpaired) electrons. The third kappa shape index (κ3) is 5.70. The molecular formula is C18H23ClN2O9. The first-order chi connectivity index (χ1) is 14.2. The maximum Gasteiger partial charge on any atom is 0.356 e. The van der Waals surface area contributed by atoms with E-state index < -0.39 is 48.4 Å². The van der Waals surface area contributed by atoms with Crippen molar-refractivity contribution in [1.29, 1.82) is 0 Å². The molecule has 0 spiro atoms. The van der Waals surface area contributed by atoms with E-state index in [4.69, 9.17) is 35.3 Å². The molecular weight excluding hydrogens is 424 g/mol. The quantitative estimate of drug-likeness (QED) is 0.325. The lowest BCUT2D eigenvalue weighted by molar-refractivity contribution is -0.166. The Morgan fingerprint density at radius 1 is 1.07 bits per heavy atom. The van der Waals surface area contributed by atoms with Crippen LogP contribution in [0.2, 0.25) is 0 Å². The second kappa shape index (κ2) is 10.4. The molecule has 2 rings (SSSR count). The maximum absolute atomic E-state index is 12.4. The largest absolute Gasteiger partial charge is 0.463 e. The predicted octanol–water partition coefficient (Wildman–Crippen LogP) is 1.12. The zero-order chi connectivity index (χ0) is 22.4. The molecule has 0 bridgehead atoms. The molecule has 1 saturated heterocycles. The highest BCUT2D eigenvalue weighted by atomic mass is 35.5. The molecule has 4 atom stereocenters. The van der Waals surface area contributed by atoms with Crippen molar-refractivity contribution in [3.63, 3.8) is 0 Å². The first-order valence-electron chi connectivity index (χ1n) is 9.12. The van der Waals surface area contributed by atoms with Gasteiger partial charge >= 0.3 is 23.9 Å². The lowest BCUT2D eigenvalue weighted by Crippen LogP contribution is -2.41. The number of hydrogen-bond acceptors (Lipinski definition) is 10. The Kier molecular flexibility index (Phi) is 8.18. The molecule has 0 N–H and O–H groups in total. The number of esters is 4. The third-order valence-electron chi connectivity index (χ3n) is 3.99. The number of hydrogen-bond donors (Lipinski definition) is 0. The third-order valence-corrected chi connectivity index (χ3v) is 4.26. The van der Waals surface area contributed by atoms with Crippen molar-refractivity contribution in [1.82, 2.24) is 9.78 Å². The van der Waals surface area contributed by atoms with Crippen molar-refractivity contribution in [3.8, 4) is 0 Å². The van der Waals surface area contributed by atoms with Gasteiger partial charge in [-0.3, -0.25) is 14.4 Å². The lowest BCUT2D eigenvalue weighted by Gasteiger charge is -2.23. The number of carbonyl (C=O) groups is 4.